The molecule has 0 spiro atoms. The van der Waals surface area contributed by atoms with Gasteiger partial charge in [-0.1, -0.05) is 6.07 Å². The summed E-state index contributed by atoms with van der Waals surface area (Å²) in [5.74, 6) is 0.392. The van der Waals surface area contributed by atoms with Crippen LogP contribution in [0.15, 0.2) is 18.2 Å². The van der Waals surface area contributed by atoms with E-state index in [1.165, 1.54) is 11.1 Å². The van der Waals surface area contributed by atoms with E-state index in [0.717, 1.165) is 25.9 Å². The summed E-state index contributed by atoms with van der Waals surface area (Å²) in [6.45, 7) is 2.22. The number of fused-ring (bicyclic) bond motifs is 1. The van der Waals surface area contributed by atoms with Crippen LogP contribution in [0.1, 0.15) is 11.1 Å². The number of rotatable bonds is 0. The summed E-state index contributed by atoms with van der Waals surface area (Å²) in [7, 11) is 2.14. The van der Waals surface area contributed by atoms with Gasteiger partial charge in [0.05, 0.1) is 0 Å². The molecule has 0 radical (unpaired) electrons. The van der Waals surface area contributed by atoms with E-state index in [2.05, 4.69) is 11.9 Å². The van der Waals surface area contributed by atoms with Gasteiger partial charge in [-0.2, -0.15) is 0 Å². The van der Waals surface area contributed by atoms with E-state index in [1.807, 2.05) is 12.1 Å². The summed E-state index contributed by atoms with van der Waals surface area (Å²) >= 11 is 0. The molecule has 1 heterocycles. The van der Waals surface area contributed by atoms with E-state index in [9.17, 15) is 5.11 Å². The summed E-state index contributed by atoms with van der Waals surface area (Å²) in [6.07, 6.45) is 2.16. The van der Waals surface area contributed by atoms with Gasteiger partial charge in [-0.15, -0.1) is 0 Å². The molecule has 2 heteroatoms. The number of phenols is 1. The smallest absolute Gasteiger partial charge is 0.115 e. The van der Waals surface area contributed by atoms with Crippen molar-refractivity contribution in [3.05, 3.63) is 29.3 Å². The second kappa shape index (κ2) is 3.38. The first kappa shape index (κ1) is 8.57. The molecule has 2 rings (SSSR count). The molecule has 0 aliphatic carbocycles. The van der Waals surface area contributed by atoms with Crippen LogP contribution in [0.5, 0.6) is 5.75 Å². The largest absolute Gasteiger partial charge is 0.508 e. The van der Waals surface area contributed by atoms with E-state index in [4.69, 9.17) is 0 Å². The molecule has 0 amide bonds. The van der Waals surface area contributed by atoms with Gasteiger partial charge in [0, 0.05) is 13.1 Å². The fraction of sp³-hybridized carbons (Fsp3) is 0.455. The lowest BCUT2D eigenvalue weighted by molar-refractivity contribution is 0.352. The third-order valence-electron chi connectivity index (χ3n) is 2.72. The van der Waals surface area contributed by atoms with E-state index < -0.39 is 0 Å². The van der Waals surface area contributed by atoms with Crippen LogP contribution >= 0.6 is 0 Å². The fourth-order valence-corrected chi connectivity index (χ4v) is 1.82. The van der Waals surface area contributed by atoms with Gasteiger partial charge in [-0.25, -0.2) is 0 Å². The molecule has 70 valence electrons. The summed E-state index contributed by atoms with van der Waals surface area (Å²) in [5.41, 5.74) is 2.70. The first-order chi connectivity index (χ1) is 6.25. The van der Waals surface area contributed by atoms with Crippen LogP contribution in [0.3, 0.4) is 0 Å². The Morgan fingerprint density at radius 1 is 1.15 bits per heavy atom. The number of aromatic hydroxyl groups is 1. The van der Waals surface area contributed by atoms with Gasteiger partial charge in [-0.05, 0) is 43.1 Å². The number of phenolic OH excluding ortho intramolecular Hbond substituents is 1. The first-order valence-corrected chi connectivity index (χ1v) is 4.75. The molecule has 13 heavy (non-hydrogen) atoms. The van der Waals surface area contributed by atoms with Gasteiger partial charge in [0.1, 0.15) is 5.75 Å². The summed E-state index contributed by atoms with van der Waals surface area (Å²) in [6, 6.07) is 5.72. The van der Waals surface area contributed by atoms with Crippen LogP contribution in [-0.4, -0.2) is 30.1 Å². The fourth-order valence-electron chi connectivity index (χ4n) is 1.82. The van der Waals surface area contributed by atoms with Gasteiger partial charge < -0.3 is 10.0 Å². The van der Waals surface area contributed by atoms with Crippen molar-refractivity contribution in [1.29, 1.82) is 0 Å². The Labute approximate surface area is 78.8 Å². The van der Waals surface area contributed by atoms with Crippen molar-refractivity contribution in [1.82, 2.24) is 4.90 Å². The standard InChI is InChI=1S/C11H15NO/c1-12-6-4-9-2-3-11(13)8-10(9)5-7-12/h2-3,8,13H,4-7H2,1H3. The highest BCUT2D eigenvalue weighted by atomic mass is 16.3. The molecule has 2 nitrogen and oxygen atoms in total. The Balaban J connectivity index is 2.30. The van der Waals surface area contributed by atoms with Crippen LogP contribution in [0.4, 0.5) is 0 Å². The highest BCUT2D eigenvalue weighted by Crippen LogP contribution is 2.20. The third kappa shape index (κ3) is 1.83. The quantitative estimate of drug-likeness (QED) is 0.648. The minimum absolute atomic E-state index is 0.392. The lowest BCUT2D eigenvalue weighted by atomic mass is 10.0. The van der Waals surface area contributed by atoms with Crippen molar-refractivity contribution < 1.29 is 5.11 Å². The average Bonchev–Trinajstić information content (AvgIpc) is 2.29. The second-order valence-corrected chi connectivity index (χ2v) is 3.76. The molecule has 1 aromatic rings. The van der Waals surface area contributed by atoms with Crippen molar-refractivity contribution >= 4 is 0 Å². The molecule has 0 aromatic heterocycles. The van der Waals surface area contributed by atoms with Crippen LogP contribution in [0.25, 0.3) is 0 Å². The zero-order chi connectivity index (χ0) is 9.26. The molecular formula is C11H15NO. The zero-order valence-corrected chi connectivity index (χ0v) is 7.95. The molecule has 1 aromatic carbocycles. The van der Waals surface area contributed by atoms with Gasteiger partial charge in [-0.3, -0.25) is 0 Å². The Kier molecular flexibility index (Phi) is 2.23. The Bertz CT molecular complexity index is 309. The lowest BCUT2D eigenvalue weighted by Crippen LogP contribution is -2.20. The normalized spacial score (nSPS) is 17.9. The third-order valence-corrected chi connectivity index (χ3v) is 2.72. The minimum Gasteiger partial charge on any atom is -0.508 e. The molecular weight excluding hydrogens is 162 g/mol. The number of nitrogens with zero attached hydrogens (tertiary/aromatic N) is 1. The molecule has 0 fully saturated rings. The molecule has 1 aliphatic heterocycles. The molecule has 0 saturated carbocycles. The topological polar surface area (TPSA) is 23.5 Å². The molecule has 0 saturated heterocycles. The Morgan fingerprint density at radius 3 is 2.62 bits per heavy atom. The van der Waals surface area contributed by atoms with Gasteiger partial charge in [0.2, 0.25) is 0 Å². The Morgan fingerprint density at radius 2 is 1.85 bits per heavy atom. The van der Waals surface area contributed by atoms with Crippen molar-refractivity contribution in [2.24, 2.45) is 0 Å². The number of likely N-dealkylation sites (N-methyl/N-ethyl adjacent to an activating group) is 1. The maximum atomic E-state index is 9.33. The van der Waals surface area contributed by atoms with E-state index in [1.54, 1.807) is 6.07 Å². The van der Waals surface area contributed by atoms with Crippen molar-refractivity contribution in [2.75, 3.05) is 20.1 Å². The Hall–Kier alpha value is -1.02. The van der Waals surface area contributed by atoms with Gasteiger partial charge in [0.25, 0.3) is 0 Å². The maximum absolute atomic E-state index is 9.33. The number of benzene rings is 1. The van der Waals surface area contributed by atoms with Crippen LogP contribution in [-0.2, 0) is 12.8 Å². The highest BCUT2D eigenvalue weighted by Gasteiger charge is 2.10. The summed E-state index contributed by atoms with van der Waals surface area (Å²) in [4.78, 5) is 2.33. The molecule has 0 atom stereocenters. The average molecular weight is 177 g/mol. The predicted molar refractivity (Wildman–Crippen MR) is 53.0 cm³/mol. The monoisotopic (exact) mass is 177 g/mol. The molecule has 1 aliphatic rings. The molecule has 0 unspecified atom stereocenters. The number of hydrogen-bond donors (Lipinski definition) is 1. The van der Waals surface area contributed by atoms with Crippen LogP contribution in [0.2, 0.25) is 0 Å². The van der Waals surface area contributed by atoms with E-state index >= 15 is 0 Å². The van der Waals surface area contributed by atoms with E-state index in [0.29, 0.717) is 5.75 Å². The van der Waals surface area contributed by atoms with Crippen molar-refractivity contribution in [3.63, 3.8) is 0 Å². The zero-order valence-electron chi connectivity index (χ0n) is 7.95. The van der Waals surface area contributed by atoms with Crippen LogP contribution in [0, 0.1) is 0 Å². The SMILES string of the molecule is CN1CCc2ccc(O)cc2CC1. The van der Waals surface area contributed by atoms with E-state index in [-0.39, 0.29) is 0 Å². The summed E-state index contributed by atoms with van der Waals surface area (Å²) in [5, 5.41) is 9.33. The van der Waals surface area contributed by atoms with Gasteiger partial charge in [0.15, 0.2) is 0 Å². The second-order valence-electron chi connectivity index (χ2n) is 3.76. The van der Waals surface area contributed by atoms with Gasteiger partial charge >= 0.3 is 0 Å². The minimum atomic E-state index is 0.392. The molecule has 0 bridgehead atoms. The lowest BCUT2D eigenvalue weighted by Gasteiger charge is -2.10. The maximum Gasteiger partial charge on any atom is 0.115 e. The van der Waals surface area contributed by atoms with Crippen LogP contribution < -0.4 is 0 Å². The number of hydrogen-bond acceptors (Lipinski definition) is 2. The predicted octanol–water partition coefficient (Wildman–Crippen LogP) is 1.42. The highest BCUT2D eigenvalue weighted by molar-refractivity contribution is 5.35. The van der Waals surface area contributed by atoms with Crippen molar-refractivity contribution in [2.45, 2.75) is 12.8 Å². The summed E-state index contributed by atoms with van der Waals surface area (Å²) < 4.78 is 0. The first-order valence-electron chi connectivity index (χ1n) is 4.75. The molecule has 1 N–H and O–H groups in total. The van der Waals surface area contributed by atoms with Crippen molar-refractivity contribution in [3.8, 4) is 5.75 Å².